The Morgan fingerprint density at radius 2 is 1.86 bits per heavy atom. The summed E-state index contributed by atoms with van der Waals surface area (Å²) in [4.78, 5) is 32.3. The van der Waals surface area contributed by atoms with E-state index < -0.39 is 24.0 Å². The zero-order chi connectivity index (χ0) is 27.2. The topological polar surface area (TPSA) is 123 Å². The number of aromatic carboxylic acids is 1. The maximum absolute atomic E-state index is 12.0. The van der Waals surface area contributed by atoms with Crippen LogP contribution in [0.25, 0.3) is 0 Å². The first-order valence-corrected chi connectivity index (χ1v) is 11.8. The van der Waals surface area contributed by atoms with Crippen molar-refractivity contribution in [1.82, 2.24) is 14.5 Å². The van der Waals surface area contributed by atoms with Crippen molar-refractivity contribution in [2.45, 2.75) is 12.9 Å². The standard InChI is InChI=1S/C14H18N4O2S.C9H8F3NO3/c1-16-5-4-15-14(16)18-8-6-17(7-9-18)10-11-2-3-12(21-11)13(19)20;1-15-5-2-3-6(8(13)14)7(4-5)16-9(10,11)12/h2-5H,6-10H2,1H3,(H,19,20);2-4H,1H3,(H2,13,14). The normalized spacial score (nSPS) is 14.0. The summed E-state index contributed by atoms with van der Waals surface area (Å²) >= 11 is 1.36. The summed E-state index contributed by atoms with van der Waals surface area (Å²) in [5.74, 6) is -1.39. The number of halogens is 3. The van der Waals surface area contributed by atoms with Crippen LogP contribution in [-0.2, 0) is 13.6 Å². The maximum Gasteiger partial charge on any atom is 0.573 e. The number of alkyl halides is 3. The predicted molar refractivity (Wildman–Crippen MR) is 130 cm³/mol. The van der Waals surface area contributed by atoms with Gasteiger partial charge >= 0.3 is 12.3 Å². The van der Waals surface area contributed by atoms with E-state index in [1.165, 1.54) is 24.5 Å². The number of primary amides is 1. The van der Waals surface area contributed by atoms with Crippen molar-refractivity contribution in [2.75, 3.05) is 38.2 Å². The smallest absolute Gasteiger partial charge is 0.497 e. The van der Waals surface area contributed by atoms with Crippen molar-refractivity contribution in [3.05, 3.63) is 58.0 Å². The summed E-state index contributed by atoms with van der Waals surface area (Å²) in [5.41, 5.74) is 4.54. The van der Waals surface area contributed by atoms with Gasteiger partial charge in [0.15, 0.2) is 0 Å². The number of anilines is 1. The summed E-state index contributed by atoms with van der Waals surface area (Å²) in [7, 11) is 3.28. The van der Waals surface area contributed by atoms with Crippen molar-refractivity contribution >= 4 is 29.2 Å². The molecule has 14 heteroatoms. The van der Waals surface area contributed by atoms with Gasteiger partial charge in [-0.1, -0.05) is 0 Å². The molecule has 1 amide bonds. The summed E-state index contributed by atoms with van der Waals surface area (Å²) in [6.45, 7) is 4.65. The van der Waals surface area contributed by atoms with E-state index in [0.717, 1.165) is 55.7 Å². The zero-order valence-electron chi connectivity index (χ0n) is 20.1. The van der Waals surface area contributed by atoms with E-state index in [4.69, 9.17) is 15.6 Å². The Bertz CT molecular complexity index is 1220. The van der Waals surface area contributed by atoms with Crippen LogP contribution in [0, 0.1) is 0 Å². The lowest BCUT2D eigenvalue weighted by Crippen LogP contribution is -2.46. The number of thiophene rings is 1. The molecule has 1 aromatic carbocycles. The van der Waals surface area contributed by atoms with Crippen LogP contribution in [0.15, 0.2) is 42.7 Å². The third-order valence-electron chi connectivity index (χ3n) is 5.38. The number of nitrogens with two attached hydrogens (primary N) is 1. The molecule has 0 spiro atoms. The van der Waals surface area contributed by atoms with E-state index in [2.05, 4.69) is 19.5 Å². The van der Waals surface area contributed by atoms with Crippen LogP contribution >= 0.6 is 11.3 Å². The molecule has 37 heavy (non-hydrogen) atoms. The Labute approximate surface area is 214 Å². The molecule has 0 aliphatic carbocycles. The number of amides is 1. The molecule has 4 rings (SSSR count). The number of hydrogen-bond acceptors (Lipinski definition) is 8. The molecule has 10 nitrogen and oxygen atoms in total. The number of methoxy groups -OCH3 is 1. The van der Waals surface area contributed by atoms with E-state index in [1.807, 2.05) is 30.1 Å². The summed E-state index contributed by atoms with van der Waals surface area (Å²) in [6.07, 6.45) is -1.11. The lowest BCUT2D eigenvalue weighted by atomic mass is 10.2. The number of carboxylic acids is 1. The predicted octanol–water partition coefficient (Wildman–Crippen LogP) is 3.19. The van der Waals surface area contributed by atoms with E-state index in [1.54, 1.807) is 6.07 Å². The minimum absolute atomic E-state index is 0.129. The van der Waals surface area contributed by atoms with E-state index in [9.17, 15) is 22.8 Å². The summed E-state index contributed by atoms with van der Waals surface area (Å²) in [6, 6.07) is 6.95. The monoisotopic (exact) mass is 541 g/mol. The van der Waals surface area contributed by atoms with Gasteiger partial charge in [0.1, 0.15) is 16.4 Å². The highest BCUT2D eigenvalue weighted by Crippen LogP contribution is 2.29. The van der Waals surface area contributed by atoms with Crippen LogP contribution in [0.3, 0.4) is 0 Å². The molecule has 1 saturated heterocycles. The van der Waals surface area contributed by atoms with E-state index in [-0.39, 0.29) is 11.3 Å². The summed E-state index contributed by atoms with van der Waals surface area (Å²) < 4.78 is 46.4. The fourth-order valence-electron chi connectivity index (χ4n) is 3.61. The first-order valence-electron chi connectivity index (χ1n) is 11.0. The molecule has 1 fully saturated rings. The van der Waals surface area contributed by atoms with Crippen LogP contribution in [0.4, 0.5) is 19.1 Å². The number of benzene rings is 1. The fraction of sp³-hybridized carbons (Fsp3) is 0.348. The van der Waals surface area contributed by atoms with Gasteiger partial charge in [-0.3, -0.25) is 9.69 Å². The number of imidazole rings is 1. The molecule has 0 bridgehead atoms. The molecule has 1 aliphatic rings. The van der Waals surface area contributed by atoms with Gasteiger partial charge in [0.2, 0.25) is 5.95 Å². The van der Waals surface area contributed by atoms with Crippen LogP contribution in [0.2, 0.25) is 0 Å². The molecule has 2 aromatic heterocycles. The second kappa shape index (κ2) is 12.0. The first-order chi connectivity index (χ1) is 17.5. The van der Waals surface area contributed by atoms with Crippen molar-refractivity contribution in [3.63, 3.8) is 0 Å². The van der Waals surface area contributed by atoms with Gasteiger partial charge in [-0.15, -0.1) is 24.5 Å². The number of carbonyl (C=O) groups is 2. The van der Waals surface area contributed by atoms with Crippen molar-refractivity contribution in [2.24, 2.45) is 12.8 Å². The summed E-state index contributed by atoms with van der Waals surface area (Å²) in [5, 5.41) is 8.95. The molecule has 1 aliphatic heterocycles. The molecule has 0 unspecified atom stereocenters. The van der Waals surface area contributed by atoms with Gasteiger partial charge in [0.25, 0.3) is 5.91 Å². The van der Waals surface area contributed by atoms with E-state index >= 15 is 0 Å². The minimum atomic E-state index is -4.89. The van der Waals surface area contributed by atoms with Gasteiger partial charge in [0, 0.05) is 63.1 Å². The van der Waals surface area contributed by atoms with Gasteiger partial charge in [-0.25, -0.2) is 9.78 Å². The Balaban J connectivity index is 0.000000214. The molecule has 0 atom stereocenters. The largest absolute Gasteiger partial charge is 0.573 e. The number of carboxylic acid groups (broad SMARTS) is 1. The van der Waals surface area contributed by atoms with Crippen molar-refractivity contribution < 1.29 is 37.3 Å². The second-order valence-corrected chi connectivity index (χ2v) is 9.11. The van der Waals surface area contributed by atoms with Crippen molar-refractivity contribution in [3.8, 4) is 11.5 Å². The van der Waals surface area contributed by atoms with Crippen molar-refractivity contribution in [1.29, 1.82) is 0 Å². The molecule has 0 radical (unpaired) electrons. The van der Waals surface area contributed by atoms with E-state index in [0.29, 0.717) is 4.88 Å². The number of aromatic nitrogens is 2. The zero-order valence-corrected chi connectivity index (χ0v) is 20.9. The molecular formula is C23H26F3N5O5S. The highest BCUT2D eigenvalue weighted by atomic mass is 32.1. The van der Waals surface area contributed by atoms with Crippen LogP contribution < -0.4 is 20.1 Å². The molecule has 0 saturated carbocycles. The number of piperazine rings is 1. The molecular weight excluding hydrogens is 515 g/mol. The third-order valence-corrected chi connectivity index (χ3v) is 6.44. The van der Waals surface area contributed by atoms with Gasteiger partial charge in [0.05, 0.1) is 12.7 Å². The number of ether oxygens (including phenoxy) is 2. The SMILES string of the molecule is COc1ccc(C(N)=O)c(OC(F)(F)F)c1.Cn1ccnc1N1CCN(Cc2ccc(C(=O)O)s2)CC1. The number of aryl methyl sites for hydroxylation is 1. The van der Waals surface area contributed by atoms with Crippen LogP contribution in [-0.4, -0.2) is 71.1 Å². The molecule has 200 valence electrons. The molecule has 3 N–H and O–H groups in total. The first kappa shape index (κ1) is 27.8. The van der Waals surface area contributed by atoms with Crippen LogP contribution in [0.1, 0.15) is 24.9 Å². The Morgan fingerprint density at radius 3 is 2.38 bits per heavy atom. The lowest BCUT2D eigenvalue weighted by Gasteiger charge is -2.34. The number of rotatable bonds is 7. The minimum Gasteiger partial charge on any atom is -0.497 e. The molecule has 3 heterocycles. The second-order valence-electron chi connectivity index (χ2n) is 7.95. The lowest BCUT2D eigenvalue weighted by molar-refractivity contribution is -0.274. The molecule has 3 aromatic rings. The number of hydrogen-bond donors (Lipinski definition) is 2. The average molecular weight is 542 g/mol. The van der Waals surface area contributed by atoms with Gasteiger partial charge in [-0.2, -0.15) is 0 Å². The Hall–Kier alpha value is -3.78. The fourth-order valence-corrected chi connectivity index (χ4v) is 4.50. The quantitative estimate of drug-likeness (QED) is 0.468. The highest BCUT2D eigenvalue weighted by Gasteiger charge is 2.33. The average Bonchev–Trinajstić information content (AvgIpc) is 3.48. The Morgan fingerprint density at radius 1 is 1.16 bits per heavy atom. The third kappa shape index (κ3) is 7.85. The maximum atomic E-state index is 12.0. The number of nitrogens with zero attached hydrogens (tertiary/aromatic N) is 4. The van der Waals surface area contributed by atoms with Gasteiger partial charge in [-0.05, 0) is 24.3 Å². The Kier molecular flexibility index (Phi) is 8.99. The highest BCUT2D eigenvalue weighted by molar-refractivity contribution is 7.13. The number of carbonyl (C=O) groups excluding carboxylic acids is 1. The van der Waals surface area contributed by atoms with Gasteiger partial charge < -0.3 is 29.8 Å². The van der Waals surface area contributed by atoms with Crippen LogP contribution in [0.5, 0.6) is 11.5 Å².